The zero-order valence-electron chi connectivity index (χ0n) is 20.3. The summed E-state index contributed by atoms with van der Waals surface area (Å²) in [7, 11) is 1.64. The Balaban J connectivity index is 1.80. The van der Waals surface area contributed by atoms with Crippen molar-refractivity contribution in [2.75, 3.05) is 13.7 Å². The summed E-state index contributed by atoms with van der Waals surface area (Å²) in [5.74, 6) is 0.633. The summed E-state index contributed by atoms with van der Waals surface area (Å²) < 4.78 is 6.82. The van der Waals surface area contributed by atoms with Crippen LogP contribution in [0.1, 0.15) is 67.6 Å². The second-order valence-corrected chi connectivity index (χ2v) is 9.21. The van der Waals surface area contributed by atoms with E-state index in [0.29, 0.717) is 37.2 Å². The molecule has 1 aliphatic rings. The molecule has 0 bridgehead atoms. The third-order valence-electron chi connectivity index (χ3n) is 6.48. The molecule has 0 radical (unpaired) electrons. The van der Waals surface area contributed by atoms with Gasteiger partial charge in [-0.1, -0.05) is 32.9 Å². The van der Waals surface area contributed by atoms with Crippen LogP contribution in [0, 0.1) is 0 Å². The van der Waals surface area contributed by atoms with E-state index < -0.39 is 11.2 Å². The van der Waals surface area contributed by atoms with Crippen LogP contribution in [0.25, 0.3) is 11.0 Å². The van der Waals surface area contributed by atoms with E-state index >= 15 is 0 Å². The lowest BCUT2D eigenvalue weighted by molar-refractivity contribution is 0.0738. The number of fused-ring (bicyclic) bond motifs is 1. The first kappa shape index (κ1) is 23.7. The number of aromatic nitrogens is 3. The van der Waals surface area contributed by atoms with E-state index in [1.54, 1.807) is 13.2 Å². The zero-order valence-corrected chi connectivity index (χ0v) is 20.3. The maximum atomic E-state index is 13.9. The van der Waals surface area contributed by atoms with Crippen LogP contribution in [0.5, 0.6) is 5.75 Å². The molecule has 1 unspecified atom stereocenters. The number of likely N-dealkylation sites (tertiary alicyclic amines) is 1. The summed E-state index contributed by atoms with van der Waals surface area (Å²) in [5.41, 5.74) is 1.33. The quantitative estimate of drug-likeness (QED) is 0.577. The van der Waals surface area contributed by atoms with Crippen LogP contribution < -0.4 is 16.0 Å². The lowest BCUT2D eigenvalue weighted by atomic mass is 10.0. The van der Waals surface area contributed by atoms with Crippen LogP contribution in [-0.4, -0.2) is 45.0 Å². The SMILES string of the molecule is CCCn1c(=O)[nH]c(=O)c2c(C(=O)N3CCCC3Cc3cccc(OC)c3)cc(C(C)C)nc21. The number of nitrogens with one attached hydrogen (secondary N) is 1. The van der Waals surface area contributed by atoms with Crippen LogP contribution in [0.4, 0.5) is 0 Å². The number of H-pyrrole nitrogens is 1. The topological polar surface area (TPSA) is 97.3 Å². The number of carbonyl (C=O) groups is 1. The van der Waals surface area contributed by atoms with Gasteiger partial charge in [-0.2, -0.15) is 0 Å². The number of ether oxygens (including phenoxy) is 1. The fourth-order valence-electron chi connectivity index (χ4n) is 4.73. The van der Waals surface area contributed by atoms with Crippen molar-refractivity contribution in [3.8, 4) is 5.75 Å². The summed E-state index contributed by atoms with van der Waals surface area (Å²) >= 11 is 0. The number of methoxy groups -OCH3 is 1. The normalized spacial score (nSPS) is 15.9. The molecule has 8 nitrogen and oxygen atoms in total. The number of amides is 1. The third-order valence-corrected chi connectivity index (χ3v) is 6.48. The molecule has 3 aromatic rings. The van der Waals surface area contributed by atoms with Gasteiger partial charge < -0.3 is 9.64 Å². The molecule has 1 saturated heterocycles. The van der Waals surface area contributed by atoms with Gasteiger partial charge in [0.25, 0.3) is 11.5 Å². The van der Waals surface area contributed by atoms with E-state index in [9.17, 15) is 14.4 Å². The molecular weight excluding hydrogens is 432 g/mol. The smallest absolute Gasteiger partial charge is 0.329 e. The van der Waals surface area contributed by atoms with Crippen molar-refractivity contribution >= 4 is 16.9 Å². The van der Waals surface area contributed by atoms with Crippen LogP contribution in [0.2, 0.25) is 0 Å². The van der Waals surface area contributed by atoms with E-state index in [2.05, 4.69) is 9.97 Å². The molecule has 1 fully saturated rings. The predicted molar refractivity (Wildman–Crippen MR) is 132 cm³/mol. The van der Waals surface area contributed by atoms with Crippen LogP contribution in [-0.2, 0) is 13.0 Å². The number of nitrogens with zero attached hydrogens (tertiary/aromatic N) is 3. The number of hydrogen-bond donors (Lipinski definition) is 1. The molecule has 0 spiro atoms. The van der Waals surface area contributed by atoms with Crippen molar-refractivity contribution in [3.05, 3.63) is 68.0 Å². The molecule has 1 aliphatic heterocycles. The van der Waals surface area contributed by atoms with Gasteiger partial charge in [0.05, 0.1) is 18.1 Å². The van der Waals surface area contributed by atoms with Gasteiger partial charge in [-0.3, -0.25) is 19.1 Å². The zero-order chi connectivity index (χ0) is 24.4. The Morgan fingerprint density at radius 3 is 2.76 bits per heavy atom. The molecule has 180 valence electrons. The van der Waals surface area contributed by atoms with Crippen LogP contribution >= 0.6 is 0 Å². The Bertz CT molecular complexity index is 1320. The number of benzene rings is 1. The number of aromatic amines is 1. The summed E-state index contributed by atoms with van der Waals surface area (Å²) in [4.78, 5) is 48.3. The molecule has 1 atom stereocenters. The first-order valence-corrected chi connectivity index (χ1v) is 12.0. The molecule has 0 aliphatic carbocycles. The molecule has 3 heterocycles. The lowest BCUT2D eigenvalue weighted by Gasteiger charge is -2.26. The maximum absolute atomic E-state index is 13.9. The number of pyridine rings is 1. The van der Waals surface area contributed by atoms with Crippen molar-refractivity contribution in [2.24, 2.45) is 0 Å². The van der Waals surface area contributed by atoms with E-state index in [1.165, 1.54) is 4.57 Å². The molecule has 8 heteroatoms. The Labute approximate surface area is 198 Å². The second-order valence-electron chi connectivity index (χ2n) is 9.21. The van der Waals surface area contributed by atoms with E-state index in [0.717, 1.165) is 24.2 Å². The Morgan fingerprint density at radius 1 is 1.26 bits per heavy atom. The summed E-state index contributed by atoms with van der Waals surface area (Å²) in [5, 5.41) is 0.189. The minimum atomic E-state index is -0.568. The molecule has 1 amide bonds. The average molecular weight is 465 g/mol. The van der Waals surface area contributed by atoms with E-state index in [1.807, 2.05) is 49.9 Å². The average Bonchev–Trinajstić information content (AvgIpc) is 3.28. The molecular formula is C26H32N4O4. The van der Waals surface area contributed by atoms with Crippen molar-refractivity contribution in [1.29, 1.82) is 0 Å². The van der Waals surface area contributed by atoms with E-state index in [-0.39, 0.29) is 28.9 Å². The molecule has 1 aromatic carbocycles. The Morgan fingerprint density at radius 2 is 2.06 bits per heavy atom. The monoisotopic (exact) mass is 464 g/mol. The van der Waals surface area contributed by atoms with Gasteiger partial charge in [0.2, 0.25) is 0 Å². The summed E-state index contributed by atoms with van der Waals surface area (Å²) in [6, 6.07) is 9.63. The first-order valence-electron chi connectivity index (χ1n) is 12.0. The minimum Gasteiger partial charge on any atom is -0.497 e. The van der Waals surface area contributed by atoms with Gasteiger partial charge in [0, 0.05) is 24.8 Å². The predicted octanol–water partition coefficient (Wildman–Crippen LogP) is 3.47. The van der Waals surface area contributed by atoms with Gasteiger partial charge in [0.15, 0.2) is 5.65 Å². The highest BCUT2D eigenvalue weighted by molar-refractivity contribution is 6.05. The summed E-state index contributed by atoms with van der Waals surface area (Å²) in [6.45, 7) is 6.96. The van der Waals surface area contributed by atoms with Crippen LogP contribution in [0.3, 0.4) is 0 Å². The Hall–Kier alpha value is -3.42. The Kier molecular flexibility index (Phi) is 6.86. The summed E-state index contributed by atoms with van der Waals surface area (Å²) in [6.07, 6.45) is 3.20. The van der Waals surface area contributed by atoms with Crippen molar-refractivity contribution < 1.29 is 9.53 Å². The highest BCUT2D eigenvalue weighted by atomic mass is 16.5. The van der Waals surface area contributed by atoms with Crippen molar-refractivity contribution in [2.45, 2.75) is 65.0 Å². The number of aryl methyl sites for hydroxylation is 1. The van der Waals surface area contributed by atoms with Gasteiger partial charge >= 0.3 is 5.69 Å². The van der Waals surface area contributed by atoms with Gasteiger partial charge in [-0.15, -0.1) is 0 Å². The maximum Gasteiger partial charge on any atom is 0.329 e. The van der Waals surface area contributed by atoms with Gasteiger partial charge in [-0.05, 0) is 55.4 Å². The standard InChI is InChI=1S/C26H32N4O4/c1-5-11-30-23-22(24(31)28-26(30)33)20(15-21(27-23)16(2)3)25(32)29-12-7-9-18(29)13-17-8-6-10-19(14-17)34-4/h6,8,10,14-16,18H,5,7,9,11-13H2,1-4H3,(H,28,31,33). The molecule has 34 heavy (non-hydrogen) atoms. The fraction of sp³-hybridized carbons (Fsp3) is 0.462. The number of hydrogen-bond acceptors (Lipinski definition) is 5. The van der Waals surface area contributed by atoms with Crippen LogP contribution in [0.15, 0.2) is 39.9 Å². The molecule has 2 aromatic heterocycles. The number of rotatable bonds is 7. The van der Waals surface area contributed by atoms with E-state index in [4.69, 9.17) is 4.74 Å². The largest absolute Gasteiger partial charge is 0.497 e. The fourth-order valence-corrected chi connectivity index (χ4v) is 4.73. The minimum absolute atomic E-state index is 0.0194. The highest BCUT2D eigenvalue weighted by Gasteiger charge is 2.32. The van der Waals surface area contributed by atoms with Gasteiger partial charge in [-0.25, -0.2) is 9.78 Å². The number of carbonyl (C=O) groups excluding carboxylic acids is 1. The molecule has 4 rings (SSSR count). The third kappa shape index (κ3) is 4.49. The first-order chi connectivity index (χ1) is 16.3. The van der Waals surface area contributed by atoms with Crippen molar-refractivity contribution in [1.82, 2.24) is 19.4 Å². The second kappa shape index (κ2) is 9.83. The lowest BCUT2D eigenvalue weighted by Crippen LogP contribution is -2.38. The highest BCUT2D eigenvalue weighted by Crippen LogP contribution is 2.27. The van der Waals surface area contributed by atoms with Crippen molar-refractivity contribution in [3.63, 3.8) is 0 Å². The molecule has 1 N–H and O–H groups in total. The van der Waals surface area contributed by atoms with Gasteiger partial charge in [0.1, 0.15) is 5.75 Å². The molecule has 0 saturated carbocycles.